The Hall–Kier alpha value is -1.94. The molecule has 0 aliphatic carbocycles. The van der Waals surface area contributed by atoms with Crippen molar-refractivity contribution >= 4 is 23.2 Å². The molecule has 1 aromatic carbocycles. The Balaban J connectivity index is 2.77. The van der Waals surface area contributed by atoms with Crippen molar-refractivity contribution in [3.8, 4) is 0 Å². The molecule has 1 rings (SSSR count). The van der Waals surface area contributed by atoms with Crippen LogP contribution in [0.1, 0.15) is 36.7 Å². The van der Waals surface area contributed by atoms with Crippen LogP contribution in [0.2, 0.25) is 0 Å². The lowest BCUT2D eigenvalue weighted by molar-refractivity contribution is 0.0974. The molecule has 0 spiro atoms. The molecule has 1 amide bonds. The minimum atomic E-state index is -0.205. The summed E-state index contributed by atoms with van der Waals surface area (Å²) < 4.78 is 0. The molecule has 0 heterocycles. The van der Waals surface area contributed by atoms with Gasteiger partial charge in [0.05, 0.1) is 0 Å². The van der Waals surface area contributed by atoms with Crippen LogP contribution in [-0.2, 0) is 5.41 Å². The van der Waals surface area contributed by atoms with Gasteiger partial charge in [-0.25, -0.2) is 0 Å². The standard InChI is InChI=1S/C18H24N2OS/c1-6-12-20(13-7-2)17(22)19-16(21)14-8-10-15(11-9-14)18(3,4)5/h6-11H,1-2,12-13H2,3-5H3,(H,19,21,22). The minimum Gasteiger partial charge on any atom is -0.342 e. The lowest BCUT2D eigenvalue weighted by atomic mass is 9.87. The second-order valence-corrected chi connectivity index (χ2v) is 6.46. The Morgan fingerprint density at radius 1 is 1.18 bits per heavy atom. The summed E-state index contributed by atoms with van der Waals surface area (Å²) in [6, 6.07) is 7.60. The maximum absolute atomic E-state index is 12.3. The summed E-state index contributed by atoms with van der Waals surface area (Å²) in [5.41, 5.74) is 1.84. The van der Waals surface area contributed by atoms with E-state index in [-0.39, 0.29) is 11.3 Å². The van der Waals surface area contributed by atoms with Gasteiger partial charge in [-0.05, 0) is 35.3 Å². The lowest BCUT2D eigenvalue weighted by Crippen LogP contribution is -2.42. The first-order chi connectivity index (χ1) is 10.3. The van der Waals surface area contributed by atoms with Crippen molar-refractivity contribution in [1.82, 2.24) is 10.2 Å². The van der Waals surface area contributed by atoms with Crippen molar-refractivity contribution in [3.63, 3.8) is 0 Å². The summed E-state index contributed by atoms with van der Waals surface area (Å²) in [7, 11) is 0. The van der Waals surface area contributed by atoms with Gasteiger partial charge >= 0.3 is 0 Å². The summed E-state index contributed by atoms with van der Waals surface area (Å²) >= 11 is 5.27. The molecular formula is C18H24N2OS. The third-order valence-electron chi connectivity index (χ3n) is 3.22. The molecule has 0 aromatic heterocycles. The van der Waals surface area contributed by atoms with Gasteiger partial charge in [-0.2, -0.15) is 0 Å². The first-order valence-electron chi connectivity index (χ1n) is 7.22. The van der Waals surface area contributed by atoms with Crippen molar-refractivity contribution in [2.24, 2.45) is 0 Å². The van der Waals surface area contributed by atoms with E-state index in [4.69, 9.17) is 12.2 Å². The fraction of sp³-hybridized carbons (Fsp3) is 0.333. The van der Waals surface area contributed by atoms with E-state index in [2.05, 4.69) is 39.2 Å². The average Bonchev–Trinajstić information content (AvgIpc) is 2.46. The van der Waals surface area contributed by atoms with E-state index in [1.54, 1.807) is 12.2 Å². The molecule has 0 radical (unpaired) electrons. The monoisotopic (exact) mass is 316 g/mol. The third-order valence-corrected chi connectivity index (χ3v) is 3.58. The van der Waals surface area contributed by atoms with Crippen molar-refractivity contribution < 1.29 is 4.79 Å². The minimum absolute atomic E-state index is 0.0645. The van der Waals surface area contributed by atoms with Crippen LogP contribution in [0.15, 0.2) is 49.6 Å². The zero-order chi connectivity index (χ0) is 16.8. The Labute approximate surface area is 138 Å². The number of carbonyl (C=O) groups is 1. The smallest absolute Gasteiger partial charge is 0.257 e. The van der Waals surface area contributed by atoms with E-state index < -0.39 is 0 Å². The Morgan fingerprint density at radius 2 is 1.68 bits per heavy atom. The van der Waals surface area contributed by atoms with Gasteiger partial charge in [0.2, 0.25) is 0 Å². The number of rotatable bonds is 5. The summed E-state index contributed by atoms with van der Waals surface area (Å²) in [6.45, 7) is 14.9. The summed E-state index contributed by atoms with van der Waals surface area (Å²) in [5.74, 6) is -0.205. The van der Waals surface area contributed by atoms with Gasteiger partial charge < -0.3 is 4.90 Å². The first kappa shape index (κ1) is 18.1. The Bertz CT molecular complexity index is 545. The summed E-state index contributed by atoms with van der Waals surface area (Å²) in [5, 5.41) is 3.13. The molecule has 0 bridgehead atoms. The predicted octanol–water partition coefficient (Wildman–Crippen LogP) is 3.67. The molecule has 4 heteroatoms. The highest BCUT2D eigenvalue weighted by Crippen LogP contribution is 2.22. The lowest BCUT2D eigenvalue weighted by Gasteiger charge is -2.22. The SMILES string of the molecule is C=CCN(CC=C)C(=S)NC(=O)c1ccc(C(C)(C)C)cc1. The number of hydrogen-bond acceptors (Lipinski definition) is 2. The summed E-state index contributed by atoms with van der Waals surface area (Å²) in [4.78, 5) is 14.1. The number of nitrogens with zero attached hydrogens (tertiary/aromatic N) is 1. The zero-order valence-electron chi connectivity index (χ0n) is 13.6. The van der Waals surface area contributed by atoms with Gasteiger partial charge in [0.1, 0.15) is 0 Å². The average molecular weight is 316 g/mol. The topological polar surface area (TPSA) is 32.3 Å². The number of nitrogens with one attached hydrogen (secondary N) is 1. The van der Waals surface area contributed by atoms with Crippen molar-refractivity contribution in [2.75, 3.05) is 13.1 Å². The van der Waals surface area contributed by atoms with Crippen LogP contribution in [-0.4, -0.2) is 29.0 Å². The molecule has 22 heavy (non-hydrogen) atoms. The van der Waals surface area contributed by atoms with Crippen LogP contribution in [0.3, 0.4) is 0 Å². The number of hydrogen-bond donors (Lipinski definition) is 1. The molecule has 0 saturated heterocycles. The molecule has 118 valence electrons. The second kappa shape index (κ2) is 7.90. The van der Waals surface area contributed by atoms with Crippen LogP contribution < -0.4 is 5.32 Å². The van der Waals surface area contributed by atoms with Crippen molar-refractivity contribution in [3.05, 3.63) is 60.7 Å². The number of benzene rings is 1. The maximum atomic E-state index is 12.3. The zero-order valence-corrected chi connectivity index (χ0v) is 14.4. The molecule has 0 fully saturated rings. The maximum Gasteiger partial charge on any atom is 0.257 e. The molecule has 0 aliphatic heterocycles. The summed E-state index contributed by atoms with van der Waals surface area (Å²) in [6.07, 6.45) is 3.47. The fourth-order valence-electron chi connectivity index (χ4n) is 1.92. The van der Waals surface area contributed by atoms with Gasteiger partial charge in [-0.15, -0.1) is 13.2 Å². The highest BCUT2D eigenvalue weighted by molar-refractivity contribution is 7.80. The number of amides is 1. The molecular weight excluding hydrogens is 292 g/mol. The quantitative estimate of drug-likeness (QED) is 0.664. The third kappa shape index (κ3) is 5.11. The van der Waals surface area contributed by atoms with Gasteiger partial charge in [0, 0.05) is 18.7 Å². The van der Waals surface area contributed by atoms with Crippen LogP contribution in [0, 0.1) is 0 Å². The van der Waals surface area contributed by atoms with Crippen molar-refractivity contribution in [1.29, 1.82) is 0 Å². The first-order valence-corrected chi connectivity index (χ1v) is 7.63. The highest BCUT2D eigenvalue weighted by atomic mass is 32.1. The molecule has 0 saturated carbocycles. The van der Waals surface area contributed by atoms with E-state index in [1.165, 1.54) is 5.56 Å². The molecule has 3 nitrogen and oxygen atoms in total. The predicted molar refractivity (Wildman–Crippen MR) is 97.2 cm³/mol. The largest absolute Gasteiger partial charge is 0.342 e. The van der Waals surface area contributed by atoms with Crippen LogP contribution in [0.4, 0.5) is 0 Å². The van der Waals surface area contributed by atoms with Gasteiger partial charge in [-0.3, -0.25) is 10.1 Å². The van der Waals surface area contributed by atoms with E-state index in [0.29, 0.717) is 23.8 Å². The fourth-order valence-corrected chi connectivity index (χ4v) is 2.16. The Kier molecular flexibility index (Phi) is 6.50. The normalized spacial score (nSPS) is 10.7. The highest BCUT2D eigenvalue weighted by Gasteiger charge is 2.15. The van der Waals surface area contributed by atoms with E-state index in [1.807, 2.05) is 29.2 Å². The van der Waals surface area contributed by atoms with Gasteiger partial charge in [-0.1, -0.05) is 45.1 Å². The van der Waals surface area contributed by atoms with Crippen LogP contribution >= 0.6 is 12.2 Å². The van der Waals surface area contributed by atoms with E-state index in [9.17, 15) is 4.79 Å². The Morgan fingerprint density at radius 3 is 2.09 bits per heavy atom. The second-order valence-electron chi connectivity index (χ2n) is 6.07. The number of thiocarbonyl (C=S) groups is 1. The van der Waals surface area contributed by atoms with Crippen LogP contribution in [0.25, 0.3) is 0 Å². The molecule has 0 unspecified atom stereocenters. The molecule has 1 aromatic rings. The van der Waals surface area contributed by atoms with Crippen LogP contribution in [0.5, 0.6) is 0 Å². The van der Waals surface area contributed by atoms with Crippen molar-refractivity contribution in [2.45, 2.75) is 26.2 Å². The number of carbonyl (C=O) groups excluding carboxylic acids is 1. The van der Waals surface area contributed by atoms with E-state index >= 15 is 0 Å². The molecule has 1 N–H and O–H groups in total. The molecule has 0 atom stereocenters. The molecule has 0 aliphatic rings. The van der Waals surface area contributed by atoms with E-state index in [0.717, 1.165) is 0 Å². The van der Waals surface area contributed by atoms with Gasteiger partial charge in [0.15, 0.2) is 5.11 Å². The van der Waals surface area contributed by atoms with Gasteiger partial charge in [0.25, 0.3) is 5.91 Å².